The lowest BCUT2D eigenvalue weighted by molar-refractivity contribution is 0.624. The lowest BCUT2D eigenvalue weighted by atomic mass is 10.1. The molecule has 6 nitrogen and oxygen atoms in total. The van der Waals surface area contributed by atoms with Crippen molar-refractivity contribution in [3.63, 3.8) is 0 Å². The zero-order valence-corrected chi connectivity index (χ0v) is 16.0. The number of nitrogens with zero attached hydrogens (tertiary/aromatic N) is 5. The van der Waals surface area contributed by atoms with Crippen molar-refractivity contribution in [2.75, 3.05) is 11.9 Å². The Kier molecular flexibility index (Phi) is 5.16. The second-order valence-electron chi connectivity index (χ2n) is 6.51. The Morgan fingerprint density at radius 1 is 0.964 bits per heavy atom. The van der Waals surface area contributed by atoms with Crippen molar-refractivity contribution in [3.05, 3.63) is 76.2 Å². The van der Waals surface area contributed by atoms with Gasteiger partial charge in [0.05, 0.1) is 12.2 Å². The summed E-state index contributed by atoms with van der Waals surface area (Å²) in [7, 11) is 0. The first-order valence-corrected chi connectivity index (χ1v) is 9.27. The van der Waals surface area contributed by atoms with Gasteiger partial charge in [-0.25, -0.2) is 9.07 Å². The van der Waals surface area contributed by atoms with Gasteiger partial charge in [-0.2, -0.15) is 5.10 Å². The van der Waals surface area contributed by atoms with Crippen LogP contribution < -0.4 is 5.32 Å². The highest BCUT2D eigenvalue weighted by Gasteiger charge is 2.15. The molecule has 0 aliphatic rings. The van der Waals surface area contributed by atoms with E-state index in [0.717, 1.165) is 22.5 Å². The van der Waals surface area contributed by atoms with Gasteiger partial charge in [0.1, 0.15) is 16.9 Å². The SMILES string of the molecule is Cc1nnc(NCCc2ccc(Cl)cc2)c2c1nnn2Cc1ccc(F)cc1. The summed E-state index contributed by atoms with van der Waals surface area (Å²) in [5.41, 5.74) is 4.29. The Bertz CT molecular complexity index is 1090. The van der Waals surface area contributed by atoms with Crippen molar-refractivity contribution in [2.24, 2.45) is 0 Å². The second-order valence-corrected chi connectivity index (χ2v) is 6.94. The standard InChI is InChI=1S/C20H18ClFN6/c1-13-18-19(28(27-25-18)12-15-4-8-17(22)9-5-15)20(26-24-13)23-11-10-14-2-6-16(21)7-3-14/h2-9H,10-12H2,1H3,(H,23,26). The van der Waals surface area contributed by atoms with Gasteiger partial charge in [0.25, 0.3) is 0 Å². The van der Waals surface area contributed by atoms with Crippen LogP contribution in [0.2, 0.25) is 5.02 Å². The Hall–Kier alpha value is -3.06. The van der Waals surface area contributed by atoms with E-state index in [-0.39, 0.29) is 5.82 Å². The van der Waals surface area contributed by atoms with Crippen molar-refractivity contribution < 1.29 is 4.39 Å². The molecule has 2 heterocycles. The quantitative estimate of drug-likeness (QED) is 0.533. The van der Waals surface area contributed by atoms with Crippen LogP contribution in [-0.4, -0.2) is 31.7 Å². The molecule has 0 amide bonds. The Morgan fingerprint density at radius 2 is 1.68 bits per heavy atom. The van der Waals surface area contributed by atoms with Gasteiger partial charge in [-0.15, -0.1) is 10.2 Å². The maximum Gasteiger partial charge on any atom is 0.176 e. The predicted octanol–water partition coefficient (Wildman–Crippen LogP) is 4.03. The van der Waals surface area contributed by atoms with Crippen molar-refractivity contribution in [2.45, 2.75) is 19.9 Å². The van der Waals surface area contributed by atoms with Crippen LogP contribution in [0.5, 0.6) is 0 Å². The summed E-state index contributed by atoms with van der Waals surface area (Å²) >= 11 is 5.93. The van der Waals surface area contributed by atoms with E-state index in [2.05, 4.69) is 25.8 Å². The van der Waals surface area contributed by atoms with Gasteiger partial charge in [0.15, 0.2) is 5.82 Å². The van der Waals surface area contributed by atoms with E-state index in [1.165, 1.54) is 17.7 Å². The smallest absolute Gasteiger partial charge is 0.176 e. The molecule has 2 aromatic heterocycles. The molecule has 28 heavy (non-hydrogen) atoms. The lowest BCUT2D eigenvalue weighted by Gasteiger charge is -2.09. The molecule has 4 aromatic rings. The third kappa shape index (κ3) is 3.94. The first kappa shape index (κ1) is 18.3. The van der Waals surface area contributed by atoms with Crippen molar-refractivity contribution in [3.8, 4) is 0 Å². The molecular weight excluding hydrogens is 379 g/mol. The second kappa shape index (κ2) is 7.90. The fourth-order valence-electron chi connectivity index (χ4n) is 2.98. The summed E-state index contributed by atoms with van der Waals surface area (Å²) < 4.78 is 14.9. The monoisotopic (exact) mass is 396 g/mol. The minimum atomic E-state index is -0.265. The van der Waals surface area contributed by atoms with Crippen LogP contribution in [0, 0.1) is 12.7 Å². The van der Waals surface area contributed by atoms with Gasteiger partial charge in [-0.3, -0.25) is 0 Å². The minimum Gasteiger partial charge on any atom is -0.366 e. The zero-order valence-electron chi connectivity index (χ0n) is 15.2. The molecule has 0 unspecified atom stereocenters. The topological polar surface area (TPSA) is 68.5 Å². The molecule has 0 aliphatic heterocycles. The van der Waals surface area contributed by atoms with Gasteiger partial charge < -0.3 is 5.32 Å². The summed E-state index contributed by atoms with van der Waals surface area (Å²) in [4.78, 5) is 0. The van der Waals surface area contributed by atoms with Crippen molar-refractivity contribution in [1.82, 2.24) is 25.2 Å². The molecular formula is C20H18ClFN6. The van der Waals surface area contributed by atoms with Gasteiger partial charge in [0.2, 0.25) is 0 Å². The third-order valence-electron chi connectivity index (χ3n) is 4.47. The third-order valence-corrected chi connectivity index (χ3v) is 4.72. The number of fused-ring (bicyclic) bond motifs is 1. The first-order chi connectivity index (χ1) is 13.6. The van der Waals surface area contributed by atoms with E-state index in [9.17, 15) is 4.39 Å². The summed E-state index contributed by atoms with van der Waals surface area (Å²) in [6.07, 6.45) is 0.813. The molecule has 0 saturated carbocycles. The minimum absolute atomic E-state index is 0.265. The number of rotatable bonds is 6. The van der Waals surface area contributed by atoms with Crippen LogP contribution in [-0.2, 0) is 13.0 Å². The van der Waals surface area contributed by atoms with Crippen LogP contribution >= 0.6 is 11.6 Å². The zero-order chi connectivity index (χ0) is 19.5. The average molecular weight is 397 g/mol. The maximum absolute atomic E-state index is 13.2. The van der Waals surface area contributed by atoms with Crippen LogP contribution in [0.1, 0.15) is 16.8 Å². The molecule has 142 valence electrons. The van der Waals surface area contributed by atoms with E-state index >= 15 is 0 Å². The number of nitrogens with one attached hydrogen (secondary N) is 1. The van der Waals surface area contributed by atoms with E-state index in [1.807, 2.05) is 31.2 Å². The Morgan fingerprint density at radius 3 is 2.43 bits per heavy atom. The van der Waals surface area contributed by atoms with Crippen LogP contribution in [0.25, 0.3) is 11.0 Å². The van der Waals surface area contributed by atoms with Gasteiger partial charge in [-0.05, 0) is 48.7 Å². The molecule has 2 aromatic carbocycles. The molecule has 0 radical (unpaired) electrons. The van der Waals surface area contributed by atoms with E-state index in [4.69, 9.17) is 11.6 Å². The fourth-order valence-corrected chi connectivity index (χ4v) is 3.11. The van der Waals surface area contributed by atoms with Gasteiger partial charge in [0, 0.05) is 11.6 Å². The van der Waals surface area contributed by atoms with Crippen LogP contribution in [0.15, 0.2) is 48.5 Å². The Labute approximate surface area is 166 Å². The average Bonchev–Trinajstić information content (AvgIpc) is 3.12. The molecule has 0 bridgehead atoms. The number of hydrogen-bond donors (Lipinski definition) is 1. The molecule has 8 heteroatoms. The number of aryl methyl sites for hydroxylation is 1. The summed E-state index contributed by atoms with van der Waals surface area (Å²) in [5, 5.41) is 21.0. The highest BCUT2D eigenvalue weighted by molar-refractivity contribution is 6.30. The maximum atomic E-state index is 13.2. The molecule has 0 aliphatic carbocycles. The molecule has 0 fully saturated rings. The van der Waals surface area contributed by atoms with Gasteiger partial charge >= 0.3 is 0 Å². The molecule has 1 N–H and O–H groups in total. The predicted molar refractivity (Wildman–Crippen MR) is 107 cm³/mol. The summed E-state index contributed by atoms with van der Waals surface area (Å²) in [6, 6.07) is 14.1. The molecule has 4 rings (SSSR count). The van der Waals surface area contributed by atoms with E-state index in [1.54, 1.807) is 16.8 Å². The van der Waals surface area contributed by atoms with E-state index < -0.39 is 0 Å². The number of hydrogen-bond acceptors (Lipinski definition) is 5. The van der Waals surface area contributed by atoms with Crippen molar-refractivity contribution >= 4 is 28.5 Å². The first-order valence-electron chi connectivity index (χ1n) is 8.89. The highest BCUT2D eigenvalue weighted by Crippen LogP contribution is 2.22. The molecule has 0 spiro atoms. The summed E-state index contributed by atoms with van der Waals surface area (Å²) in [6.45, 7) is 2.99. The van der Waals surface area contributed by atoms with E-state index in [0.29, 0.717) is 30.1 Å². The number of aromatic nitrogens is 5. The highest BCUT2D eigenvalue weighted by atomic mass is 35.5. The van der Waals surface area contributed by atoms with Crippen molar-refractivity contribution in [1.29, 1.82) is 0 Å². The van der Waals surface area contributed by atoms with Gasteiger partial charge in [-0.1, -0.05) is 41.1 Å². The number of benzene rings is 2. The summed E-state index contributed by atoms with van der Waals surface area (Å²) in [5.74, 6) is 0.361. The number of halogens is 2. The largest absolute Gasteiger partial charge is 0.366 e. The molecule has 0 atom stereocenters. The fraction of sp³-hybridized carbons (Fsp3) is 0.200. The van der Waals surface area contributed by atoms with Crippen LogP contribution in [0.4, 0.5) is 10.2 Å². The van der Waals surface area contributed by atoms with Crippen LogP contribution in [0.3, 0.4) is 0 Å². The number of anilines is 1. The normalized spacial score (nSPS) is 11.1. The lowest BCUT2D eigenvalue weighted by Crippen LogP contribution is -2.11. The molecule has 0 saturated heterocycles. The Balaban J connectivity index is 1.57.